The number of furan rings is 1. The molecule has 4 nitrogen and oxygen atoms in total. The van der Waals surface area contributed by atoms with Gasteiger partial charge >= 0.3 is 0 Å². The molecule has 1 aliphatic rings. The summed E-state index contributed by atoms with van der Waals surface area (Å²) in [6.07, 6.45) is 0. The van der Waals surface area contributed by atoms with Gasteiger partial charge in [0.25, 0.3) is 0 Å². The number of hydrogen-bond donors (Lipinski definition) is 0. The van der Waals surface area contributed by atoms with Gasteiger partial charge in [-0.3, -0.25) is 0 Å². The lowest BCUT2D eigenvalue weighted by Gasteiger charge is -2.44. The smallest absolute Gasteiger partial charge is 0.167 e. The van der Waals surface area contributed by atoms with Crippen molar-refractivity contribution in [3.8, 4) is 67.5 Å². The van der Waals surface area contributed by atoms with Crippen LogP contribution >= 0.6 is 0 Å². The quantitative estimate of drug-likeness (QED) is 0.170. The van der Waals surface area contributed by atoms with Gasteiger partial charge in [-0.05, 0) is 91.1 Å². The predicted octanol–water partition coefficient (Wildman–Crippen LogP) is 14.4. The Morgan fingerprint density at radius 3 is 1.52 bits per heavy atom. The Morgan fingerprint density at radius 1 is 0.362 bits per heavy atom. The largest absolute Gasteiger partial charge is 0.455 e. The van der Waals surface area contributed by atoms with Crippen LogP contribution in [0.3, 0.4) is 0 Å². The summed E-state index contributed by atoms with van der Waals surface area (Å²) in [6, 6.07) is 57.8. The SMILES string of the molecule is CC1(C)c2cc(-c3ccc(-c4nc(-c5ccccc5)nc(-c5cccc6c5oc5ccccc56)n4)cc3)c(-c3cccc(-c4ccccc4)c3)cc2C(C)(C)C1(C)C. The van der Waals surface area contributed by atoms with Crippen LogP contribution in [0.4, 0.5) is 0 Å². The normalized spacial score (nSPS) is 15.1. The molecule has 0 atom stereocenters. The van der Waals surface area contributed by atoms with Gasteiger partial charge in [0.15, 0.2) is 17.5 Å². The van der Waals surface area contributed by atoms with Crippen LogP contribution in [0.5, 0.6) is 0 Å². The van der Waals surface area contributed by atoms with Crippen molar-refractivity contribution >= 4 is 21.9 Å². The van der Waals surface area contributed by atoms with Gasteiger partial charge in [-0.1, -0.05) is 175 Å². The zero-order chi connectivity index (χ0) is 39.8. The van der Waals surface area contributed by atoms with E-state index in [-0.39, 0.29) is 16.2 Å². The van der Waals surface area contributed by atoms with Gasteiger partial charge in [0, 0.05) is 21.9 Å². The average Bonchev–Trinajstić information content (AvgIpc) is 3.69. The number of nitrogens with zero attached hydrogens (tertiary/aromatic N) is 3. The number of para-hydroxylation sites is 2. The van der Waals surface area contributed by atoms with E-state index in [1.54, 1.807) is 0 Å². The average molecular weight is 752 g/mol. The highest BCUT2D eigenvalue weighted by molar-refractivity contribution is 6.09. The fourth-order valence-electron chi connectivity index (χ4n) is 9.13. The van der Waals surface area contributed by atoms with Crippen LogP contribution in [0.1, 0.15) is 52.7 Å². The molecule has 0 radical (unpaired) electrons. The number of benzene rings is 7. The molecular weight excluding hydrogens is 707 g/mol. The van der Waals surface area contributed by atoms with E-state index >= 15 is 0 Å². The molecule has 2 aromatic heterocycles. The van der Waals surface area contributed by atoms with Gasteiger partial charge in [0.2, 0.25) is 0 Å². The van der Waals surface area contributed by atoms with Crippen LogP contribution in [-0.4, -0.2) is 15.0 Å². The Kier molecular flexibility index (Phi) is 8.14. The highest BCUT2D eigenvalue weighted by atomic mass is 16.3. The fourth-order valence-corrected chi connectivity index (χ4v) is 9.13. The van der Waals surface area contributed by atoms with Crippen molar-refractivity contribution in [3.63, 3.8) is 0 Å². The van der Waals surface area contributed by atoms with E-state index in [4.69, 9.17) is 19.4 Å². The molecule has 1 aliphatic carbocycles. The summed E-state index contributed by atoms with van der Waals surface area (Å²) in [5.41, 5.74) is 14.3. The zero-order valence-electron chi connectivity index (χ0n) is 33.8. The second-order valence-electron chi connectivity index (χ2n) is 17.3. The summed E-state index contributed by atoms with van der Waals surface area (Å²) in [4.78, 5) is 15.3. The van der Waals surface area contributed by atoms with Crippen molar-refractivity contribution in [2.75, 3.05) is 0 Å². The fraction of sp³-hybridized carbons (Fsp3) is 0.167. The lowest BCUT2D eigenvalue weighted by atomic mass is 9.59. The monoisotopic (exact) mass is 751 g/mol. The molecule has 0 saturated heterocycles. The van der Waals surface area contributed by atoms with Crippen molar-refractivity contribution in [1.29, 1.82) is 0 Å². The van der Waals surface area contributed by atoms with Crippen molar-refractivity contribution in [2.24, 2.45) is 5.41 Å². The van der Waals surface area contributed by atoms with Gasteiger partial charge < -0.3 is 4.42 Å². The number of rotatable bonds is 6. The van der Waals surface area contributed by atoms with Crippen LogP contribution in [-0.2, 0) is 10.8 Å². The van der Waals surface area contributed by atoms with Crippen LogP contribution in [0.25, 0.3) is 89.5 Å². The molecule has 0 spiro atoms. The van der Waals surface area contributed by atoms with Gasteiger partial charge in [-0.2, -0.15) is 0 Å². The molecule has 282 valence electrons. The van der Waals surface area contributed by atoms with Gasteiger partial charge in [-0.15, -0.1) is 0 Å². The van der Waals surface area contributed by atoms with Gasteiger partial charge in [-0.25, -0.2) is 15.0 Å². The molecule has 0 saturated carbocycles. The Bertz CT molecular complexity index is 3010. The van der Waals surface area contributed by atoms with Crippen LogP contribution in [0.2, 0.25) is 0 Å². The first-order chi connectivity index (χ1) is 28.0. The summed E-state index contributed by atoms with van der Waals surface area (Å²) in [5.74, 6) is 1.80. The summed E-state index contributed by atoms with van der Waals surface area (Å²) in [7, 11) is 0. The summed E-state index contributed by atoms with van der Waals surface area (Å²) < 4.78 is 6.45. The third-order valence-corrected chi connectivity index (χ3v) is 13.7. The first kappa shape index (κ1) is 35.7. The number of aromatic nitrogens is 3. The molecule has 0 unspecified atom stereocenters. The molecule has 0 fully saturated rings. The first-order valence-corrected chi connectivity index (χ1v) is 20.2. The van der Waals surface area contributed by atoms with E-state index in [0.717, 1.165) is 44.2 Å². The highest BCUT2D eigenvalue weighted by Crippen LogP contribution is 2.62. The van der Waals surface area contributed by atoms with Crippen LogP contribution < -0.4 is 0 Å². The van der Waals surface area contributed by atoms with E-state index in [9.17, 15) is 0 Å². The minimum atomic E-state index is -0.0389. The molecule has 7 aromatic carbocycles. The van der Waals surface area contributed by atoms with E-state index < -0.39 is 0 Å². The second-order valence-corrected chi connectivity index (χ2v) is 17.3. The van der Waals surface area contributed by atoms with Crippen LogP contribution in [0, 0.1) is 5.41 Å². The van der Waals surface area contributed by atoms with E-state index in [2.05, 4.69) is 145 Å². The van der Waals surface area contributed by atoms with Crippen LogP contribution in [0.15, 0.2) is 168 Å². The molecule has 0 amide bonds. The molecule has 4 heteroatoms. The lowest BCUT2D eigenvalue weighted by Crippen LogP contribution is -2.42. The maximum absolute atomic E-state index is 6.45. The first-order valence-electron chi connectivity index (χ1n) is 20.2. The Morgan fingerprint density at radius 2 is 0.845 bits per heavy atom. The third kappa shape index (κ3) is 5.54. The molecule has 10 rings (SSSR count). The topological polar surface area (TPSA) is 51.8 Å². The van der Waals surface area contributed by atoms with Crippen molar-refractivity contribution in [2.45, 2.75) is 52.4 Å². The predicted molar refractivity (Wildman–Crippen MR) is 240 cm³/mol. The minimum Gasteiger partial charge on any atom is -0.455 e. The highest BCUT2D eigenvalue weighted by Gasteiger charge is 2.57. The van der Waals surface area contributed by atoms with Gasteiger partial charge in [0.05, 0.1) is 5.56 Å². The van der Waals surface area contributed by atoms with E-state index in [1.807, 2.05) is 60.7 Å². The molecule has 0 bridgehead atoms. The van der Waals surface area contributed by atoms with E-state index in [1.165, 1.54) is 38.9 Å². The summed E-state index contributed by atoms with van der Waals surface area (Å²) in [6.45, 7) is 14.5. The van der Waals surface area contributed by atoms with Gasteiger partial charge in [0.1, 0.15) is 11.2 Å². The second kappa shape index (κ2) is 13.2. The third-order valence-electron chi connectivity index (χ3n) is 13.7. The molecule has 9 aromatic rings. The maximum atomic E-state index is 6.45. The standard InChI is InChI=1S/C54H45N3O/c1-52(2)45-32-43(44(33-46(45)53(3,4)54(52,5)6)39-22-15-21-38(31-39)34-17-9-7-10-18-34)35-27-29-37(30-28-35)50-55-49(36-19-11-8-12-20-36)56-51(57-50)42-25-16-24-41-40-23-13-14-26-47(40)58-48(41)42/h7-33H,1-6H3. The minimum absolute atomic E-state index is 0.0282. The molecule has 0 aliphatic heterocycles. The number of hydrogen-bond acceptors (Lipinski definition) is 4. The Hall–Kier alpha value is -6.65. The van der Waals surface area contributed by atoms with Crippen molar-refractivity contribution in [3.05, 3.63) is 175 Å². The molecule has 2 heterocycles. The Balaban J connectivity index is 1.13. The van der Waals surface area contributed by atoms with Crippen molar-refractivity contribution in [1.82, 2.24) is 15.0 Å². The summed E-state index contributed by atoms with van der Waals surface area (Å²) in [5, 5.41) is 2.11. The molecule has 0 N–H and O–H groups in total. The lowest BCUT2D eigenvalue weighted by molar-refractivity contribution is 0.125. The Labute approximate surface area is 340 Å². The zero-order valence-corrected chi connectivity index (χ0v) is 33.8. The molecule has 58 heavy (non-hydrogen) atoms. The number of fused-ring (bicyclic) bond motifs is 4. The van der Waals surface area contributed by atoms with Crippen molar-refractivity contribution < 1.29 is 4.42 Å². The van der Waals surface area contributed by atoms with E-state index in [0.29, 0.717) is 17.5 Å². The maximum Gasteiger partial charge on any atom is 0.167 e. The molecular formula is C54H45N3O. The summed E-state index contributed by atoms with van der Waals surface area (Å²) >= 11 is 0.